The summed E-state index contributed by atoms with van der Waals surface area (Å²) < 4.78 is 1.94. The Morgan fingerprint density at radius 2 is 2.00 bits per heavy atom. The zero-order valence-corrected chi connectivity index (χ0v) is 9.74. The minimum absolute atomic E-state index is 0.225. The molecule has 0 aliphatic rings. The summed E-state index contributed by atoms with van der Waals surface area (Å²) in [6.07, 6.45) is 3.73. The number of aromatic hydroxyl groups is 1. The van der Waals surface area contributed by atoms with E-state index in [-0.39, 0.29) is 5.75 Å². The molecule has 1 aromatic carbocycles. The van der Waals surface area contributed by atoms with Gasteiger partial charge in [-0.25, -0.2) is 4.98 Å². The van der Waals surface area contributed by atoms with Gasteiger partial charge < -0.3 is 10.8 Å². The number of phenols is 1. The molecule has 0 aliphatic heterocycles. The average molecular weight is 239 g/mol. The van der Waals surface area contributed by atoms with E-state index in [1.165, 1.54) is 0 Å². The number of pyridine rings is 1. The molecule has 18 heavy (non-hydrogen) atoms. The smallest absolute Gasteiger partial charge is 0.148 e. The first kappa shape index (κ1) is 10.8. The van der Waals surface area contributed by atoms with Crippen molar-refractivity contribution in [3.63, 3.8) is 0 Å². The third kappa shape index (κ3) is 1.63. The van der Waals surface area contributed by atoms with Gasteiger partial charge in [-0.3, -0.25) is 4.40 Å². The normalized spacial score (nSPS) is 10.9. The summed E-state index contributed by atoms with van der Waals surface area (Å²) in [6.45, 7) is 0.480. The van der Waals surface area contributed by atoms with Crippen LogP contribution in [0.15, 0.2) is 48.8 Å². The first-order chi connectivity index (χ1) is 8.79. The Morgan fingerprint density at radius 1 is 1.17 bits per heavy atom. The summed E-state index contributed by atoms with van der Waals surface area (Å²) >= 11 is 0. The standard InChI is InChI=1S/C14H13N3O/c15-7-10-5-6-11-8-16-14(17(11)9-10)12-3-1-2-4-13(12)18/h1-6,8-9,18H,7,15H2. The lowest BCUT2D eigenvalue weighted by Crippen LogP contribution is -1.99. The monoisotopic (exact) mass is 239 g/mol. The van der Waals surface area contributed by atoms with Crippen molar-refractivity contribution in [2.24, 2.45) is 5.73 Å². The lowest BCUT2D eigenvalue weighted by molar-refractivity contribution is 0.477. The van der Waals surface area contributed by atoms with E-state index in [1.54, 1.807) is 18.3 Å². The molecule has 2 aromatic heterocycles. The van der Waals surface area contributed by atoms with Crippen LogP contribution in [0.3, 0.4) is 0 Å². The van der Waals surface area contributed by atoms with E-state index in [9.17, 15) is 5.11 Å². The molecule has 3 rings (SSSR count). The maximum absolute atomic E-state index is 9.89. The van der Waals surface area contributed by atoms with Crippen LogP contribution in [0.25, 0.3) is 16.9 Å². The highest BCUT2D eigenvalue weighted by Gasteiger charge is 2.10. The Labute approximate surface area is 104 Å². The Balaban J connectivity index is 2.26. The number of nitrogens with zero attached hydrogens (tertiary/aromatic N) is 2. The van der Waals surface area contributed by atoms with Crippen LogP contribution in [0.5, 0.6) is 5.75 Å². The van der Waals surface area contributed by atoms with Crippen molar-refractivity contribution in [1.82, 2.24) is 9.38 Å². The molecular formula is C14H13N3O. The minimum Gasteiger partial charge on any atom is -0.507 e. The van der Waals surface area contributed by atoms with Crippen LogP contribution in [0.1, 0.15) is 5.56 Å². The largest absolute Gasteiger partial charge is 0.507 e. The molecule has 2 heterocycles. The fraction of sp³-hybridized carbons (Fsp3) is 0.0714. The summed E-state index contributed by atoms with van der Waals surface area (Å²) in [5, 5.41) is 9.89. The number of phenolic OH excluding ortho intramolecular Hbond substituents is 1. The Hall–Kier alpha value is -2.33. The number of benzene rings is 1. The van der Waals surface area contributed by atoms with E-state index in [0.29, 0.717) is 12.1 Å². The number of hydrogen-bond donors (Lipinski definition) is 2. The van der Waals surface area contributed by atoms with E-state index >= 15 is 0 Å². The second-order valence-corrected chi connectivity index (χ2v) is 4.14. The Morgan fingerprint density at radius 3 is 2.78 bits per heavy atom. The molecular weight excluding hydrogens is 226 g/mol. The number of hydrogen-bond acceptors (Lipinski definition) is 3. The first-order valence-electron chi connectivity index (χ1n) is 5.74. The molecule has 4 nitrogen and oxygen atoms in total. The first-order valence-corrected chi connectivity index (χ1v) is 5.74. The molecule has 0 aliphatic carbocycles. The topological polar surface area (TPSA) is 63.5 Å². The van der Waals surface area contributed by atoms with Crippen molar-refractivity contribution in [2.75, 3.05) is 0 Å². The van der Waals surface area contributed by atoms with E-state index < -0.39 is 0 Å². The summed E-state index contributed by atoms with van der Waals surface area (Å²) in [7, 11) is 0. The fourth-order valence-corrected chi connectivity index (χ4v) is 2.02. The van der Waals surface area contributed by atoms with Crippen LogP contribution < -0.4 is 5.73 Å². The summed E-state index contributed by atoms with van der Waals surface area (Å²) in [5.41, 5.74) is 8.36. The molecule has 0 spiro atoms. The molecule has 3 N–H and O–H groups in total. The number of rotatable bonds is 2. The van der Waals surface area contributed by atoms with Gasteiger partial charge in [0.05, 0.1) is 17.3 Å². The van der Waals surface area contributed by atoms with E-state index in [2.05, 4.69) is 4.98 Å². The van der Waals surface area contributed by atoms with Crippen molar-refractivity contribution in [1.29, 1.82) is 0 Å². The SMILES string of the molecule is NCc1ccc2cnc(-c3ccccc3O)n2c1. The Bertz CT molecular complexity index is 703. The molecule has 4 heteroatoms. The lowest BCUT2D eigenvalue weighted by Gasteiger charge is -2.05. The van der Waals surface area contributed by atoms with Crippen LogP contribution in [-0.2, 0) is 6.54 Å². The number of imidazole rings is 1. The number of fused-ring (bicyclic) bond motifs is 1. The maximum atomic E-state index is 9.89. The minimum atomic E-state index is 0.225. The van der Waals surface area contributed by atoms with Gasteiger partial charge >= 0.3 is 0 Å². The van der Waals surface area contributed by atoms with Gasteiger partial charge in [0, 0.05) is 12.7 Å². The molecule has 0 atom stereocenters. The quantitative estimate of drug-likeness (QED) is 0.720. The van der Waals surface area contributed by atoms with Crippen molar-refractivity contribution >= 4 is 5.52 Å². The van der Waals surface area contributed by atoms with Crippen molar-refractivity contribution in [3.8, 4) is 17.1 Å². The zero-order valence-electron chi connectivity index (χ0n) is 9.74. The molecule has 0 saturated heterocycles. The van der Waals surface area contributed by atoms with Crippen molar-refractivity contribution < 1.29 is 5.11 Å². The summed E-state index contributed by atoms with van der Waals surface area (Å²) in [4.78, 5) is 4.36. The highest BCUT2D eigenvalue weighted by Crippen LogP contribution is 2.28. The highest BCUT2D eigenvalue weighted by molar-refractivity contribution is 5.68. The van der Waals surface area contributed by atoms with Crippen LogP contribution in [0.4, 0.5) is 0 Å². The third-order valence-corrected chi connectivity index (χ3v) is 2.97. The summed E-state index contributed by atoms with van der Waals surface area (Å²) in [6, 6.07) is 11.1. The lowest BCUT2D eigenvalue weighted by atomic mass is 10.2. The molecule has 3 aromatic rings. The van der Waals surface area contributed by atoms with Gasteiger partial charge in [-0.1, -0.05) is 18.2 Å². The van der Waals surface area contributed by atoms with Gasteiger partial charge in [0.2, 0.25) is 0 Å². The predicted octanol–water partition coefficient (Wildman–Crippen LogP) is 2.17. The molecule has 0 saturated carbocycles. The van der Waals surface area contributed by atoms with E-state index in [0.717, 1.165) is 16.9 Å². The number of aromatic nitrogens is 2. The average Bonchev–Trinajstić information content (AvgIpc) is 2.82. The molecule has 0 bridgehead atoms. The van der Waals surface area contributed by atoms with Gasteiger partial charge in [0.1, 0.15) is 11.6 Å². The van der Waals surface area contributed by atoms with Crippen molar-refractivity contribution in [2.45, 2.75) is 6.54 Å². The highest BCUT2D eigenvalue weighted by atomic mass is 16.3. The molecule has 0 amide bonds. The van der Waals surface area contributed by atoms with Crippen LogP contribution in [-0.4, -0.2) is 14.5 Å². The molecule has 90 valence electrons. The zero-order chi connectivity index (χ0) is 12.5. The van der Waals surface area contributed by atoms with Gasteiger partial charge in [-0.2, -0.15) is 0 Å². The Kier molecular flexibility index (Phi) is 2.50. The number of para-hydroxylation sites is 1. The van der Waals surface area contributed by atoms with Crippen molar-refractivity contribution in [3.05, 3.63) is 54.4 Å². The fourth-order valence-electron chi connectivity index (χ4n) is 2.02. The second kappa shape index (κ2) is 4.16. The van der Waals surface area contributed by atoms with Gasteiger partial charge in [0.15, 0.2) is 0 Å². The molecule has 0 radical (unpaired) electrons. The molecule has 0 unspecified atom stereocenters. The summed E-state index contributed by atoms with van der Waals surface area (Å²) in [5.74, 6) is 0.946. The molecule has 0 fully saturated rings. The van der Waals surface area contributed by atoms with Crippen LogP contribution in [0, 0.1) is 0 Å². The van der Waals surface area contributed by atoms with Gasteiger partial charge in [0.25, 0.3) is 0 Å². The van der Waals surface area contributed by atoms with Crippen LogP contribution in [0.2, 0.25) is 0 Å². The van der Waals surface area contributed by atoms with Gasteiger partial charge in [-0.05, 0) is 23.8 Å². The van der Waals surface area contributed by atoms with Gasteiger partial charge in [-0.15, -0.1) is 0 Å². The predicted molar refractivity (Wildman–Crippen MR) is 70.2 cm³/mol. The van der Waals surface area contributed by atoms with E-state index in [4.69, 9.17) is 5.73 Å². The maximum Gasteiger partial charge on any atom is 0.148 e. The van der Waals surface area contributed by atoms with Crippen LogP contribution >= 0.6 is 0 Å². The number of nitrogens with two attached hydrogens (primary N) is 1. The van der Waals surface area contributed by atoms with E-state index in [1.807, 2.05) is 34.9 Å². The second-order valence-electron chi connectivity index (χ2n) is 4.14. The third-order valence-electron chi connectivity index (χ3n) is 2.97.